The van der Waals surface area contributed by atoms with Gasteiger partial charge in [0.15, 0.2) is 0 Å². The fraction of sp³-hybridized carbons (Fsp3) is 0.786. The zero-order chi connectivity index (χ0) is 13.2. The Morgan fingerprint density at radius 2 is 2.11 bits per heavy atom. The molecule has 1 fully saturated rings. The van der Waals surface area contributed by atoms with Crippen LogP contribution in [0.25, 0.3) is 0 Å². The van der Waals surface area contributed by atoms with Gasteiger partial charge in [0.2, 0.25) is 0 Å². The largest absolute Gasteiger partial charge is 0.319 e. The molecule has 1 aromatic rings. The molecule has 3 nitrogen and oxygen atoms in total. The first-order chi connectivity index (χ1) is 8.53. The highest BCUT2D eigenvalue weighted by Crippen LogP contribution is 2.32. The molecule has 0 atom stereocenters. The van der Waals surface area contributed by atoms with Crippen LogP contribution in [-0.2, 0) is 5.41 Å². The molecular formula is C14H25N3S. The Hall–Kier alpha value is -0.450. The lowest BCUT2D eigenvalue weighted by Crippen LogP contribution is -2.31. The summed E-state index contributed by atoms with van der Waals surface area (Å²) in [5.74, 6) is 0.677. The van der Waals surface area contributed by atoms with Crippen LogP contribution in [-0.4, -0.2) is 43.6 Å². The summed E-state index contributed by atoms with van der Waals surface area (Å²) in [6.07, 6.45) is 2.51. The maximum atomic E-state index is 4.91. The van der Waals surface area contributed by atoms with Crippen molar-refractivity contribution < 1.29 is 0 Å². The Bertz CT molecular complexity index is 378. The number of likely N-dealkylation sites (N-methyl/N-ethyl adjacent to an activating group) is 1. The SMILES string of the molecule is CNCC(C)(C)c1nc(C2CCN(C)CC2)cs1. The van der Waals surface area contributed by atoms with Crippen LogP contribution in [0.1, 0.15) is 43.3 Å². The van der Waals surface area contributed by atoms with Gasteiger partial charge < -0.3 is 10.2 Å². The predicted molar refractivity (Wildman–Crippen MR) is 78.5 cm³/mol. The van der Waals surface area contributed by atoms with Crippen LogP contribution >= 0.6 is 11.3 Å². The van der Waals surface area contributed by atoms with Crippen molar-refractivity contribution in [2.24, 2.45) is 0 Å². The Labute approximate surface area is 115 Å². The average molecular weight is 267 g/mol. The molecule has 102 valence electrons. The quantitative estimate of drug-likeness (QED) is 0.908. The highest BCUT2D eigenvalue weighted by atomic mass is 32.1. The molecule has 0 aromatic carbocycles. The van der Waals surface area contributed by atoms with E-state index in [4.69, 9.17) is 4.98 Å². The van der Waals surface area contributed by atoms with Crippen LogP contribution in [0.15, 0.2) is 5.38 Å². The van der Waals surface area contributed by atoms with Crippen LogP contribution in [0.4, 0.5) is 0 Å². The lowest BCUT2D eigenvalue weighted by atomic mass is 9.93. The molecule has 4 heteroatoms. The predicted octanol–water partition coefficient (Wildman–Crippen LogP) is 2.45. The third-order valence-electron chi connectivity index (χ3n) is 3.86. The molecule has 0 radical (unpaired) electrons. The summed E-state index contributed by atoms with van der Waals surface area (Å²) in [6, 6.07) is 0. The van der Waals surface area contributed by atoms with Crippen LogP contribution in [0.5, 0.6) is 0 Å². The number of nitrogens with one attached hydrogen (secondary N) is 1. The second-order valence-corrected chi connectivity index (χ2v) is 6.93. The average Bonchev–Trinajstić information content (AvgIpc) is 2.80. The van der Waals surface area contributed by atoms with E-state index in [0.717, 1.165) is 6.54 Å². The van der Waals surface area contributed by atoms with Gasteiger partial charge in [0.25, 0.3) is 0 Å². The lowest BCUT2D eigenvalue weighted by molar-refractivity contribution is 0.253. The number of likely N-dealkylation sites (tertiary alicyclic amines) is 1. The molecule has 1 aliphatic rings. The molecule has 18 heavy (non-hydrogen) atoms. The van der Waals surface area contributed by atoms with Crippen molar-refractivity contribution in [2.45, 2.75) is 38.0 Å². The van der Waals surface area contributed by atoms with E-state index in [2.05, 4.69) is 36.5 Å². The van der Waals surface area contributed by atoms with Gasteiger partial charge in [-0.25, -0.2) is 4.98 Å². The molecule has 0 saturated carbocycles. The van der Waals surface area contributed by atoms with E-state index in [1.54, 1.807) is 0 Å². The molecule has 0 amide bonds. The van der Waals surface area contributed by atoms with E-state index < -0.39 is 0 Å². The van der Waals surface area contributed by atoms with Crippen molar-refractivity contribution in [1.82, 2.24) is 15.2 Å². The molecule has 0 spiro atoms. The third-order valence-corrected chi connectivity index (χ3v) is 5.08. The standard InChI is InChI=1S/C14H25N3S/c1-14(2,10-15-3)13-16-12(9-18-13)11-5-7-17(4)8-6-11/h9,11,15H,5-8,10H2,1-4H3. The summed E-state index contributed by atoms with van der Waals surface area (Å²) in [7, 11) is 4.21. The zero-order valence-electron chi connectivity index (χ0n) is 12.0. The van der Waals surface area contributed by atoms with Gasteiger partial charge in [0.05, 0.1) is 10.7 Å². The van der Waals surface area contributed by atoms with E-state index in [9.17, 15) is 0 Å². The van der Waals surface area contributed by atoms with Gasteiger partial charge >= 0.3 is 0 Å². The molecule has 1 saturated heterocycles. The first kappa shape index (κ1) is 14.0. The Kier molecular flexibility index (Phi) is 4.41. The van der Waals surface area contributed by atoms with Crippen LogP contribution in [0.3, 0.4) is 0 Å². The second kappa shape index (κ2) is 5.68. The first-order valence-corrected chi connectivity index (χ1v) is 7.70. The van der Waals surface area contributed by atoms with Gasteiger partial charge in [-0.1, -0.05) is 13.8 Å². The molecular weight excluding hydrogens is 242 g/mol. The second-order valence-electron chi connectivity index (χ2n) is 6.07. The maximum absolute atomic E-state index is 4.91. The molecule has 2 rings (SSSR count). The smallest absolute Gasteiger partial charge is 0.0997 e. The van der Waals surface area contributed by atoms with Crippen molar-refractivity contribution >= 4 is 11.3 Å². The van der Waals surface area contributed by atoms with E-state index in [1.165, 1.54) is 36.6 Å². The molecule has 0 aliphatic carbocycles. The number of hydrogen-bond acceptors (Lipinski definition) is 4. The minimum atomic E-state index is 0.142. The molecule has 1 aromatic heterocycles. The van der Waals surface area contributed by atoms with Crippen LogP contribution in [0.2, 0.25) is 0 Å². The van der Waals surface area contributed by atoms with E-state index in [1.807, 2.05) is 18.4 Å². The highest BCUT2D eigenvalue weighted by Gasteiger charge is 2.26. The zero-order valence-corrected chi connectivity index (χ0v) is 12.8. The summed E-state index contributed by atoms with van der Waals surface area (Å²) in [6.45, 7) is 7.92. The van der Waals surface area contributed by atoms with E-state index in [0.29, 0.717) is 5.92 Å². The van der Waals surface area contributed by atoms with Gasteiger partial charge in [-0.05, 0) is 40.0 Å². The summed E-state index contributed by atoms with van der Waals surface area (Å²) >= 11 is 1.83. The van der Waals surface area contributed by atoms with Gasteiger partial charge in [0.1, 0.15) is 0 Å². The minimum Gasteiger partial charge on any atom is -0.319 e. The summed E-state index contributed by atoms with van der Waals surface area (Å²) in [5, 5.41) is 6.81. The fourth-order valence-electron chi connectivity index (χ4n) is 2.61. The van der Waals surface area contributed by atoms with Gasteiger partial charge in [-0.3, -0.25) is 0 Å². The Morgan fingerprint density at radius 3 is 2.72 bits per heavy atom. The van der Waals surface area contributed by atoms with E-state index in [-0.39, 0.29) is 5.41 Å². The monoisotopic (exact) mass is 267 g/mol. The number of nitrogens with zero attached hydrogens (tertiary/aromatic N) is 2. The number of aromatic nitrogens is 1. The van der Waals surface area contributed by atoms with Crippen LogP contribution < -0.4 is 5.32 Å². The van der Waals surface area contributed by atoms with Crippen LogP contribution in [0, 0.1) is 0 Å². The van der Waals surface area contributed by atoms with Crippen molar-refractivity contribution in [3.05, 3.63) is 16.1 Å². The fourth-order valence-corrected chi connectivity index (χ4v) is 3.63. The molecule has 0 bridgehead atoms. The Morgan fingerprint density at radius 1 is 1.44 bits per heavy atom. The molecule has 0 unspecified atom stereocenters. The third kappa shape index (κ3) is 3.11. The molecule has 1 N–H and O–H groups in total. The summed E-state index contributed by atoms with van der Waals surface area (Å²) in [4.78, 5) is 7.32. The summed E-state index contributed by atoms with van der Waals surface area (Å²) in [5.41, 5.74) is 1.47. The maximum Gasteiger partial charge on any atom is 0.0997 e. The normalized spacial score (nSPS) is 19.3. The number of hydrogen-bond donors (Lipinski definition) is 1. The summed E-state index contributed by atoms with van der Waals surface area (Å²) < 4.78 is 0. The number of rotatable bonds is 4. The molecule has 1 aliphatic heterocycles. The Balaban J connectivity index is 2.06. The van der Waals surface area contributed by atoms with Crippen molar-refractivity contribution in [3.8, 4) is 0 Å². The van der Waals surface area contributed by atoms with Crippen molar-refractivity contribution in [2.75, 3.05) is 33.7 Å². The number of piperidine rings is 1. The van der Waals surface area contributed by atoms with Gasteiger partial charge in [-0.2, -0.15) is 0 Å². The minimum absolute atomic E-state index is 0.142. The molecule has 2 heterocycles. The first-order valence-electron chi connectivity index (χ1n) is 6.82. The highest BCUT2D eigenvalue weighted by molar-refractivity contribution is 7.09. The van der Waals surface area contributed by atoms with Gasteiger partial charge in [-0.15, -0.1) is 11.3 Å². The lowest BCUT2D eigenvalue weighted by Gasteiger charge is -2.28. The van der Waals surface area contributed by atoms with E-state index >= 15 is 0 Å². The van der Waals surface area contributed by atoms with Crippen molar-refractivity contribution in [1.29, 1.82) is 0 Å². The topological polar surface area (TPSA) is 28.2 Å². The van der Waals surface area contributed by atoms with Crippen molar-refractivity contribution in [3.63, 3.8) is 0 Å². The van der Waals surface area contributed by atoms with Gasteiger partial charge in [0, 0.05) is 23.3 Å². The number of thiazole rings is 1.